The molecular weight excluding hydrogens is 428 g/mol. The fourth-order valence-electron chi connectivity index (χ4n) is 3.43. The second-order valence-electron chi connectivity index (χ2n) is 7.46. The van der Waals surface area contributed by atoms with Crippen molar-refractivity contribution < 1.29 is 28.6 Å². The van der Waals surface area contributed by atoms with Crippen LogP contribution in [0.4, 0.5) is 16.2 Å². The SMILES string of the molecule is COC(=O)Cc1ccc(NCC2CN(c3ccc(C(=N)N)cc3)C(=O)O2)c(CC(=O)OC)c1. The molecule has 1 heterocycles. The molecule has 0 aromatic heterocycles. The first-order valence-electron chi connectivity index (χ1n) is 10.2. The number of benzene rings is 2. The van der Waals surface area contributed by atoms with E-state index in [2.05, 4.69) is 5.32 Å². The molecule has 1 unspecified atom stereocenters. The normalized spacial score (nSPS) is 15.0. The summed E-state index contributed by atoms with van der Waals surface area (Å²) in [6.07, 6.45) is -0.790. The van der Waals surface area contributed by atoms with Crippen LogP contribution in [-0.2, 0) is 36.6 Å². The number of hydrogen-bond acceptors (Lipinski definition) is 8. The van der Waals surface area contributed by atoms with Crippen LogP contribution in [-0.4, -0.2) is 57.3 Å². The Hall–Kier alpha value is -4.08. The fourth-order valence-corrected chi connectivity index (χ4v) is 3.43. The van der Waals surface area contributed by atoms with E-state index in [1.807, 2.05) is 0 Å². The maximum absolute atomic E-state index is 12.3. The maximum atomic E-state index is 12.3. The van der Waals surface area contributed by atoms with E-state index in [0.717, 1.165) is 0 Å². The highest BCUT2D eigenvalue weighted by molar-refractivity contribution is 5.96. The highest BCUT2D eigenvalue weighted by Crippen LogP contribution is 2.24. The van der Waals surface area contributed by atoms with Crippen molar-refractivity contribution in [2.24, 2.45) is 5.73 Å². The van der Waals surface area contributed by atoms with Gasteiger partial charge in [-0.3, -0.25) is 19.9 Å². The number of amidine groups is 1. The van der Waals surface area contributed by atoms with Crippen molar-refractivity contribution in [1.29, 1.82) is 5.41 Å². The van der Waals surface area contributed by atoms with Gasteiger partial charge in [0.1, 0.15) is 11.9 Å². The van der Waals surface area contributed by atoms with Crippen molar-refractivity contribution in [1.82, 2.24) is 0 Å². The number of carbonyl (C=O) groups excluding carboxylic acids is 3. The van der Waals surface area contributed by atoms with Gasteiger partial charge in [-0.25, -0.2) is 4.79 Å². The minimum Gasteiger partial charge on any atom is -0.469 e. The lowest BCUT2D eigenvalue weighted by Crippen LogP contribution is -2.27. The van der Waals surface area contributed by atoms with Crippen LogP contribution in [0.3, 0.4) is 0 Å². The Morgan fingerprint density at radius 3 is 2.42 bits per heavy atom. The van der Waals surface area contributed by atoms with Gasteiger partial charge in [0.25, 0.3) is 0 Å². The van der Waals surface area contributed by atoms with E-state index in [-0.39, 0.29) is 24.6 Å². The Morgan fingerprint density at radius 2 is 1.79 bits per heavy atom. The third kappa shape index (κ3) is 6.00. The summed E-state index contributed by atoms with van der Waals surface area (Å²) in [5, 5.41) is 10.7. The molecule has 2 aromatic rings. The van der Waals surface area contributed by atoms with Gasteiger partial charge < -0.3 is 25.3 Å². The predicted octanol–water partition coefficient (Wildman–Crippen LogP) is 1.84. The number of cyclic esters (lactones) is 1. The number of nitrogens with zero attached hydrogens (tertiary/aromatic N) is 1. The summed E-state index contributed by atoms with van der Waals surface area (Å²) in [4.78, 5) is 37.3. The van der Waals surface area contributed by atoms with Crippen LogP contribution in [0.1, 0.15) is 16.7 Å². The molecule has 0 saturated carbocycles. The molecule has 174 valence electrons. The second kappa shape index (κ2) is 10.5. The van der Waals surface area contributed by atoms with Crippen molar-refractivity contribution in [2.45, 2.75) is 18.9 Å². The van der Waals surface area contributed by atoms with Gasteiger partial charge in [0.15, 0.2) is 0 Å². The van der Waals surface area contributed by atoms with Crippen LogP contribution >= 0.6 is 0 Å². The summed E-state index contributed by atoms with van der Waals surface area (Å²) in [6.45, 7) is 0.649. The first kappa shape index (κ1) is 23.6. The molecule has 10 heteroatoms. The minimum atomic E-state index is -0.472. The molecule has 4 N–H and O–H groups in total. The molecule has 3 rings (SSSR count). The van der Waals surface area contributed by atoms with Gasteiger partial charge in [-0.2, -0.15) is 0 Å². The number of ether oxygens (including phenoxy) is 3. The molecular formula is C23H26N4O6. The summed E-state index contributed by atoms with van der Waals surface area (Å²) in [6, 6.07) is 12.1. The van der Waals surface area contributed by atoms with Crippen LogP contribution in [0.2, 0.25) is 0 Å². The van der Waals surface area contributed by atoms with Gasteiger partial charge in [0, 0.05) is 16.9 Å². The third-order valence-corrected chi connectivity index (χ3v) is 5.19. The molecule has 1 atom stereocenters. The first-order valence-corrected chi connectivity index (χ1v) is 10.2. The number of nitrogens with one attached hydrogen (secondary N) is 2. The highest BCUT2D eigenvalue weighted by Gasteiger charge is 2.32. The number of anilines is 2. The fraction of sp³-hybridized carbons (Fsp3) is 0.304. The van der Waals surface area contributed by atoms with Gasteiger partial charge in [-0.15, -0.1) is 0 Å². The average molecular weight is 454 g/mol. The molecule has 33 heavy (non-hydrogen) atoms. The zero-order valence-electron chi connectivity index (χ0n) is 18.4. The number of esters is 2. The molecule has 0 bridgehead atoms. The van der Waals surface area contributed by atoms with Crippen LogP contribution < -0.4 is 16.0 Å². The van der Waals surface area contributed by atoms with E-state index >= 15 is 0 Å². The summed E-state index contributed by atoms with van der Waals surface area (Å²) in [5.41, 5.74) is 8.72. The minimum absolute atomic E-state index is 0.0208. The van der Waals surface area contributed by atoms with Crippen LogP contribution in [0.15, 0.2) is 42.5 Å². The Balaban J connectivity index is 1.68. The van der Waals surface area contributed by atoms with Crippen molar-refractivity contribution in [3.8, 4) is 0 Å². The smallest absolute Gasteiger partial charge is 0.414 e. The first-order chi connectivity index (χ1) is 15.8. The third-order valence-electron chi connectivity index (χ3n) is 5.19. The molecule has 0 spiro atoms. The van der Waals surface area contributed by atoms with Crippen molar-refractivity contribution in [3.05, 3.63) is 59.2 Å². The van der Waals surface area contributed by atoms with E-state index < -0.39 is 18.2 Å². The number of methoxy groups -OCH3 is 2. The summed E-state index contributed by atoms with van der Waals surface area (Å²) >= 11 is 0. The van der Waals surface area contributed by atoms with E-state index in [0.29, 0.717) is 41.2 Å². The van der Waals surface area contributed by atoms with E-state index in [4.69, 9.17) is 25.4 Å². The Morgan fingerprint density at radius 1 is 1.12 bits per heavy atom. The summed E-state index contributed by atoms with van der Waals surface area (Å²) in [7, 11) is 2.63. The zero-order valence-corrected chi connectivity index (χ0v) is 18.4. The Bertz CT molecular complexity index is 1050. The Labute approximate surface area is 191 Å². The van der Waals surface area contributed by atoms with Gasteiger partial charge in [0.05, 0.1) is 40.2 Å². The lowest BCUT2D eigenvalue weighted by molar-refractivity contribution is -0.140. The predicted molar refractivity (Wildman–Crippen MR) is 121 cm³/mol. The monoisotopic (exact) mass is 454 g/mol. The van der Waals surface area contributed by atoms with E-state index in [9.17, 15) is 14.4 Å². The van der Waals surface area contributed by atoms with Crippen LogP contribution in [0.5, 0.6) is 0 Å². The van der Waals surface area contributed by atoms with Gasteiger partial charge in [-0.1, -0.05) is 12.1 Å². The molecule has 1 aliphatic rings. The lowest BCUT2D eigenvalue weighted by Gasteiger charge is -2.16. The quantitative estimate of drug-likeness (QED) is 0.225. The molecule has 1 aliphatic heterocycles. The molecule has 10 nitrogen and oxygen atoms in total. The molecule has 0 aliphatic carbocycles. The van der Waals surface area contributed by atoms with Crippen molar-refractivity contribution in [3.63, 3.8) is 0 Å². The van der Waals surface area contributed by atoms with Crippen LogP contribution in [0, 0.1) is 5.41 Å². The molecule has 0 radical (unpaired) electrons. The number of nitrogen functional groups attached to an aromatic ring is 1. The Kier molecular flexibility index (Phi) is 7.50. The lowest BCUT2D eigenvalue weighted by atomic mass is 10.0. The highest BCUT2D eigenvalue weighted by atomic mass is 16.6. The zero-order chi connectivity index (χ0) is 24.0. The number of carbonyl (C=O) groups is 3. The standard InChI is InChI=1S/C23H26N4O6/c1-31-20(28)10-14-3-8-19(16(9-14)11-21(29)32-2)26-12-18-13-27(23(30)33-18)17-6-4-15(5-7-17)22(24)25/h3-9,18,26H,10-13H2,1-2H3,(H3,24,25). The maximum Gasteiger partial charge on any atom is 0.414 e. The van der Waals surface area contributed by atoms with Crippen molar-refractivity contribution in [2.75, 3.05) is 37.5 Å². The summed E-state index contributed by atoms with van der Waals surface area (Å²) < 4.78 is 14.9. The van der Waals surface area contributed by atoms with E-state index in [1.165, 1.54) is 19.1 Å². The topological polar surface area (TPSA) is 144 Å². The van der Waals surface area contributed by atoms with Crippen molar-refractivity contribution >= 4 is 35.2 Å². The number of rotatable bonds is 9. The second-order valence-corrected chi connectivity index (χ2v) is 7.46. The number of amides is 1. The van der Waals surface area contributed by atoms with E-state index in [1.54, 1.807) is 42.5 Å². The number of nitrogens with two attached hydrogens (primary N) is 1. The molecule has 1 amide bonds. The van der Waals surface area contributed by atoms with Gasteiger partial charge >= 0.3 is 18.0 Å². The average Bonchev–Trinajstić information content (AvgIpc) is 3.18. The molecule has 2 aromatic carbocycles. The molecule has 1 saturated heterocycles. The van der Waals surface area contributed by atoms with Crippen LogP contribution in [0.25, 0.3) is 0 Å². The number of hydrogen-bond donors (Lipinski definition) is 3. The van der Waals surface area contributed by atoms with Gasteiger partial charge in [-0.05, 0) is 41.5 Å². The molecule has 1 fully saturated rings. The summed E-state index contributed by atoms with van der Waals surface area (Å²) in [5.74, 6) is -0.845. The largest absolute Gasteiger partial charge is 0.469 e. The van der Waals surface area contributed by atoms with Gasteiger partial charge in [0.2, 0.25) is 0 Å².